The molecule has 0 atom stereocenters. The molecule has 0 spiro atoms. The zero-order valence-electron chi connectivity index (χ0n) is 12.5. The van der Waals surface area contributed by atoms with Gasteiger partial charge in [-0.1, -0.05) is 42.3 Å². The first-order chi connectivity index (χ1) is 11.2. The van der Waals surface area contributed by atoms with Gasteiger partial charge in [0.05, 0.1) is 6.54 Å². The predicted octanol–water partition coefficient (Wildman–Crippen LogP) is 2.44. The van der Waals surface area contributed by atoms with Gasteiger partial charge in [-0.2, -0.15) is 0 Å². The van der Waals surface area contributed by atoms with Crippen LogP contribution in [0.3, 0.4) is 0 Å². The molecule has 0 fully saturated rings. The summed E-state index contributed by atoms with van der Waals surface area (Å²) in [4.78, 5) is 23.5. The molecule has 0 heterocycles. The highest BCUT2D eigenvalue weighted by atomic mass is 16.2. The third-order valence-electron chi connectivity index (χ3n) is 2.96. The molecule has 23 heavy (non-hydrogen) atoms. The van der Waals surface area contributed by atoms with Gasteiger partial charge >= 0.3 is 0 Å². The van der Waals surface area contributed by atoms with E-state index in [0.717, 1.165) is 5.56 Å². The number of terminal acetylenes is 1. The van der Waals surface area contributed by atoms with Crippen LogP contribution in [-0.2, 0) is 9.59 Å². The van der Waals surface area contributed by atoms with Gasteiger partial charge in [-0.3, -0.25) is 9.59 Å². The predicted molar refractivity (Wildman–Crippen MR) is 91.5 cm³/mol. The third kappa shape index (κ3) is 5.52. The lowest BCUT2D eigenvalue weighted by atomic mass is 10.2. The quantitative estimate of drug-likeness (QED) is 0.658. The van der Waals surface area contributed by atoms with Crippen molar-refractivity contribution in [2.45, 2.75) is 0 Å². The van der Waals surface area contributed by atoms with Crippen LogP contribution in [0.15, 0.2) is 60.7 Å². The molecule has 4 heteroatoms. The van der Waals surface area contributed by atoms with Crippen molar-refractivity contribution < 1.29 is 9.59 Å². The van der Waals surface area contributed by atoms with Crippen LogP contribution in [0.2, 0.25) is 0 Å². The van der Waals surface area contributed by atoms with Gasteiger partial charge in [-0.15, -0.1) is 6.42 Å². The van der Waals surface area contributed by atoms with Gasteiger partial charge < -0.3 is 10.6 Å². The highest BCUT2D eigenvalue weighted by molar-refractivity contribution is 5.98. The Labute approximate surface area is 135 Å². The van der Waals surface area contributed by atoms with Crippen molar-refractivity contribution in [3.05, 3.63) is 71.8 Å². The summed E-state index contributed by atoms with van der Waals surface area (Å²) in [5.41, 5.74) is 2.19. The summed E-state index contributed by atoms with van der Waals surface area (Å²) in [6.45, 7) is -0.113. The summed E-state index contributed by atoms with van der Waals surface area (Å²) in [5, 5.41) is 5.20. The van der Waals surface area contributed by atoms with Crippen molar-refractivity contribution in [2.75, 3.05) is 11.9 Å². The van der Waals surface area contributed by atoms with Crippen LogP contribution in [0, 0.1) is 12.3 Å². The van der Waals surface area contributed by atoms with Crippen LogP contribution in [0.5, 0.6) is 0 Å². The van der Waals surface area contributed by atoms with Crippen molar-refractivity contribution in [1.82, 2.24) is 5.32 Å². The molecule has 0 aliphatic carbocycles. The maximum atomic E-state index is 11.8. The summed E-state index contributed by atoms with van der Waals surface area (Å²) in [7, 11) is 0. The summed E-state index contributed by atoms with van der Waals surface area (Å²) in [6.07, 6.45) is 8.38. The van der Waals surface area contributed by atoms with E-state index in [9.17, 15) is 9.59 Å². The number of anilines is 1. The molecule has 2 aromatic rings. The molecular weight excluding hydrogens is 288 g/mol. The van der Waals surface area contributed by atoms with E-state index < -0.39 is 0 Å². The Kier molecular flexibility index (Phi) is 5.73. The number of benzene rings is 2. The molecule has 114 valence electrons. The number of hydrogen-bond acceptors (Lipinski definition) is 2. The van der Waals surface area contributed by atoms with Crippen molar-refractivity contribution in [3.63, 3.8) is 0 Å². The molecule has 0 bridgehead atoms. The Bertz CT molecular complexity index is 758. The lowest BCUT2D eigenvalue weighted by molar-refractivity contribution is -0.121. The summed E-state index contributed by atoms with van der Waals surface area (Å²) >= 11 is 0. The number of hydrogen-bond donors (Lipinski definition) is 2. The van der Waals surface area contributed by atoms with E-state index >= 15 is 0 Å². The van der Waals surface area contributed by atoms with Gasteiger partial charge in [0.25, 0.3) is 0 Å². The minimum Gasteiger partial charge on any atom is -0.343 e. The first-order valence-corrected chi connectivity index (χ1v) is 7.05. The topological polar surface area (TPSA) is 58.2 Å². The van der Waals surface area contributed by atoms with Gasteiger partial charge in [0, 0.05) is 17.3 Å². The van der Waals surface area contributed by atoms with E-state index in [1.165, 1.54) is 6.08 Å². The van der Waals surface area contributed by atoms with E-state index in [4.69, 9.17) is 6.42 Å². The minimum absolute atomic E-state index is 0.113. The molecule has 0 aromatic heterocycles. The smallest absolute Gasteiger partial charge is 0.244 e. The minimum atomic E-state index is -0.332. The van der Waals surface area contributed by atoms with Gasteiger partial charge in [-0.25, -0.2) is 0 Å². The molecule has 2 N–H and O–H groups in total. The second-order valence-corrected chi connectivity index (χ2v) is 4.74. The molecule has 2 rings (SSSR count). The van der Waals surface area contributed by atoms with Crippen LogP contribution >= 0.6 is 0 Å². The molecule has 0 aliphatic rings. The van der Waals surface area contributed by atoms with Gasteiger partial charge in [-0.05, 0) is 29.8 Å². The van der Waals surface area contributed by atoms with Gasteiger partial charge in [0.15, 0.2) is 0 Å². The summed E-state index contributed by atoms with van der Waals surface area (Å²) < 4.78 is 0. The average Bonchev–Trinajstić information content (AvgIpc) is 2.59. The average molecular weight is 304 g/mol. The Balaban J connectivity index is 1.81. The zero-order valence-corrected chi connectivity index (χ0v) is 12.5. The van der Waals surface area contributed by atoms with Crippen LogP contribution < -0.4 is 10.6 Å². The highest BCUT2D eigenvalue weighted by Gasteiger charge is 2.04. The van der Waals surface area contributed by atoms with E-state index in [2.05, 4.69) is 16.6 Å². The molecule has 0 aliphatic heterocycles. The Morgan fingerprint density at radius 3 is 2.61 bits per heavy atom. The first kappa shape index (κ1) is 16.1. The molecule has 4 nitrogen and oxygen atoms in total. The normalized spacial score (nSPS) is 10.0. The maximum Gasteiger partial charge on any atom is 0.244 e. The highest BCUT2D eigenvalue weighted by Crippen LogP contribution is 2.09. The second kappa shape index (κ2) is 8.20. The van der Waals surface area contributed by atoms with Gasteiger partial charge in [0.2, 0.25) is 11.8 Å². The molecule has 0 saturated carbocycles. The fourth-order valence-electron chi connectivity index (χ4n) is 1.85. The molecule has 2 amide bonds. The second-order valence-electron chi connectivity index (χ2n) is 4.74. The summed E-state index contributed by atoms with van der Waals surface area (Å²) in [6, 6.07) is 16.4. The first-order valence-electron chi connectivity index (χ1n) is 7.05. The largest absolute Gasteiger partial charge is 0.343 e. The Morgan fingerprint density at radius 2 is 1.87 bits per heavy atom. The summed E-state index contributed by atoms with van der Waals surface area (Å²) in [5.74, 6) is 1.84. The van der Waals surface area contributed by atoms with Crippen molar-refractivity contribution in [2.24, 2.45) is 0 Å². The number of nitrogens with one attached hydrogen (secondary N) is 2. The SMILES string of the molecule is C#Cc1cccc(NC(=O)CNC(=O)/C=C/c2ccccc2)c1. The fourth-order valence-corrected chi connectivity index (χ4v) is 1.85. The van der Waals surface area contributed by atoms with Crippen molar-refractivity contribution >= 4 is 23.6 Å². The molecule has 0 unspecified atom stereocenters. The van der Waals surface area contributed by atoms with Crippen molar-refractivity contribution in [3.8, 4) is 12.3 Å². The Morgan fingerprint density at radius 1 is 1.09 bits per heavy atom. The zero-order chi connectivity index (χ0) is 16.5. The number of carbonyl (C=O) groups excluding carboxylic acids is 2. The molecular formula is C19H16N2O2. The fraction of sp³-hybridized carbons (Fsp3) is 0.0526. The van der Waals surface area contributed by atoms with Crippen LogP contribution in [0.4, 0.5) is 5.69 Å². The molecule has 0 saturated heterocycles. The standard InChI is InChI=1S/C19H16N2O2/c1-2-15-9-6-10-17(13-15)21-19(23)14-20-18(22)12-11-16-7-4-3-5-8-16/h1,3-13H,14H2,(H,20,22)(H,21,23)/b12-11+. The van der Waals surface area contributed by atoms with Crippen molar-refractivity contribution in [1.29, 1.82) is 0 Å². The maximum absolute atomic E-state index is 11.8. The monoisotopic (exact) mass is 304 g/mol. The van der Waals surface area contributed by atoms with Crippen LogP contribution in [0.25, 0.3) is 6.08 Å². The number of carbonyl (C=O) groups is 2. The van der Waals surface area contributed by atoms with E-state index in [0.29, 0.717) is 11.3 Å². The van der Waals surface area contributed by atoms with E-state index in [1.807, 2.05) is 30.3 Å². The lowest BCUT2D eigenvalue weighted by Crippen LogP contribution is -2.31. The van der Waals surface area contributed by atoms with E-state index in [-0.39, 0.29) is 18.4 Å². The molecule has 2 aromatic carbocycles. The third-order valence-corrected chi connectivity index (χ3v) is 2.96. The van der Waals surface area contributed by atoms with Crippen LogP contribution in [-0.4, -0.2) is 18.4 Å². The number of rotatable bonds is 5. The molecule has 0 radical (unpaired) electrons. The van der Waals surface area contributed by atoms with Crippen LogP contribution in [0.1, 0.15) is 11.1 Å². The van der Waals surface area contributed by atoms with E-state index in [1.54, 1.807) is 30.3 Å². The lowest BCUT2D eigenvalue weighted by Gasteiger charge is -2.06. The number of amides is 2. The Hall–Kier alpha value is -3.32. The van der Waals surface area contributed by atoms with Gasteiger partial charge in [0.1, 0.15) is 0 Å².